The van der Waals surface area contributed by atoms with E-state index in [4.69, 9.17) is 17.3 Å². The number of rotatable bonds is 5. The van der Waals surface area contributed by atoms with E-state index in [1.165, 1.54) is 11.3 Å². The Morgan fingerprint density at radius 2 is 2.00 bits per heavy atom. The molecule has 3 N–H and O–H groups in total. The van der Waals surface area contributed by atoms with Gasteiger partial charge >= 0.3 is 0 Å². The standard InChI is InChI=1S/C15H17ClN2O2S/c1-18(9-12-6-7-14(16)21-12)15(20)13(17)8-10-2-4-11(19)5-3-10/h2-7,13,19H,8-9,17H2,1H3/t13-/m0/s1. The molecule has 0 saturated heterocycles. The molecule has 0 aliphatic rings. The molecule has 1 atom stereocenters. The molecule has 0 saturated carbocycles. The molecule has 1 aromatic heterocycles. The van der Waals surface area contributed by atoms with Gasteiger partial charge in [-0.25, -0.2) is 0 Å². The second-order valence-corrected chi connectivity index (χ2v) is 6.68. The molecule has 0 spiro atoms. The first-order valence-electron chi connectivity index (χ1n) is 6.48. The first-order valence-corrected chi connectivity index (χ1v) is 7.68. The number of carbonyl (C=O) groups excluding carboxylic acids is 1. The number of likely N-dealkylation sites (N-methyl/N-ethyl adjacent to an activating group) is 1. The third-order valence-corrected chi connectivity index (χ3v) is 4.32. The predicted octanol–water partition coefficient (Wildman–Crippen LogP) is 2.64. The quantitative estimate of drug-likeness (QED) is 0.888. The van der Waals surface area contributed by atoms with Crippen LogP contribution in [0.3, 0.4) is 0 Å². The van der Waals surface area contributed by atoms with Crippen molar-refractivity contribution < 1.29 is 9.90 Å². The molecule has 2 rings (SSSR count). The summed E-state index contributed by atoms with van der Waals surface area (Å²) in [6, 6.07) is 9.82. The lowest BCUT2D eigenvalue weighted by Crippen LogP contribution is -2.42. The van der Waals surface area contributed by atoms with Crippen LogP contribution in [0.5, 0.6) is 5.75 Å². The van der Waals surface area contributed by atoms with Crippen molar-refractivity contribution in [3.05, 3.63) is 51.2 Å². The second kappa shape index (κ2) is 6.93. The van der Waals surface area contributed by atoms with Gasteiger partial charge in [0, 0.05) is 11.9 Å². The summed E-state index contributed by atoms with van der Waals surface area (Å²) in [5.41, 5.74) is 6.89. The summed E-state index contributed by atoms with van der Waals surface area (Å²) in [5.74, 6) is 0.0814. The molecule has 112 valence electrons. The van der Waals surface area contributed by atoms with E-state index in [9.17, 15) is 9.90 Å². The zero-order chi connectivity index (χ0) is 15.4. The molecule has 0 fully saturated rings. The number of amides is 1. The molecule has 4 nitrogen and oxygen atoms in total. The molecular weight excluding hydrogens is 308 g/mol. The Kier molecular flexibility index (Phi) is 5.22. The minimum Gasteiger partial charge on any atom is -0.508 e. The highest BCUT2D eigenvalue weighted by Crippen LogP contribution is 2.22. The summed E-state index contributed by atoms with van der Waals surface area (Å²) in [6.07, 6.45) is 0.439. The van der Waals surface area contributed by atoms with Gasteiger partial charge in [-0.2, -0.15) is 0 Å². The first kappa shape index (κ1) is 15.8. The number of hydrogen-bond acceptors (Lipinski definition) is 4. The van der Waals surface area contributed by atoms with Crippen LogP contribution in [0.25, 0.3) is 0 Å². The van der Waals surface area contributed by atoms with Crippen molar-refractivity contribution in [2.24, 2.45) is 5.73 Å². The Morgan fingerprint density at radius 3 is 2.57 bits per heavy atom. The summed E-state index contributed by atoms with van der Waals surface area (Å²) in [7, 11) is 1.73. The molecule has 0 bridgehead atoms. The van der Waals surface area contributed by atoms with E-state index in [1.807, 2.05) is 12.1 Å². The van der Waals surface area contributed by atoms with E-state index >= 15 is 0 Å². The number of phenols is 1. The van der Waals surface area contributed by atoms with E-state index in [1.54, 1.807) is 36.2 Å². The van der Waals surface area contributed by atoms with Crippen molar-refractivity contribution >= 4 is 28.8 Å². The number of aromatic hydroxyl groups is 1. The zero-order valence-corrected chi connectivity index (χ0v) is 13.2. The third-order valence-electron chi connectivity index (χ3n) is 3.11. The van der Waals surface area contributed by atoms with Crippen molar-refractivity contribution in [1.29, 1.82) is 0 Å². The summed E-state index contributed by atoms with van der Waals surface area (Å²) in [6.45, 7) is 0.500. The highest BCUT2D eigenvalue weighted by Gasteiger charge is 2.19. The second-order valence-electron chi connectivity index (χ2n) is 4.88. The minimum atomic E-state index is -0.602. The van der Waals surface area contributed by atoms with Gasteiger partial charge in [0.2, 0.25) is 5.91 Å². The molecule has 0 radical (unpaired) electrons. The van der Waals surface area contributed by atoms with E-state index < -0.39 is 6.04 Å². The van der Waals surface area contributed by atoms with Gasteiger partial charge in [-0.3, -0.25) is 4.79 Å². The Labute approximate surface area is 132 Å². The lowest BCUT2D eigenvalue weighted by atomic mass is 10.1. The van der Waals surface area contributed by atoms with Crippen molar-refractivity contribution in [1.82, 2.24) is 4.90 Å². The van der Waals surface area contributed by atoms with Crippen molar-refractivity contribution in [2.45, 2.75) is 19.0 Å². The van der Waals surface area contributed by atoms with Crippen molar-refractivity contribution in [3.8, 4) is 5.75 Å². The molecule has 6 heteroatoms. The van der Waals surface area contributed by atoms with E-state index in [-0.39, 0.29) is 11.7 Å². The first-order chi connectivity index (χ1) is 9.95. The lowest BCUT2D eigenvalue weighted by Gasteiger charge is -2.20. The number of nitrogens with two attached hydrogens (primary N) is 1. The van der Waals surface area contributed by atoms with Crippen molar-refractivity contribution in [3.63, 3.8) is 0 Å². The Morgan fingerprint density at radius 1 is 1.33 bits per heavy atom. The maximum absolute atomic E-state index is 12.2. The van der Waals surface area contributed by atoms with Gasteiger partial charge < -0.3 is 15.7 Å². The number of thiophene rings is 1. The van der Waals surface area contributed by atoms with Gasteiger partial charge in [0.1, 0.15) is 5.75 Å². The molecule has 0 aliphatic heterocycles. The predicted molar refractivity (Wildman–Crippen MR) is 85.6 cm³/mol. The van der Waals surface area contributed by atoms with Crippen LogP contribution in [0.4, 0.5) is 0 Å². The van der Waals surface area contributed by atoms with Crippen LogP contribution in [0.15, 0.2) is 36.4 Å². The average molecular weight is 325 g/mol. The molecule has 0 unspecified atom stereocenters. The van der Waals surface area contributed by atoms with Crippen LogP contribution in [0, 0.1) is 0 Å². The third kappa shape index (κ3) is 4.46. The molecule has 0 aliphatic carbocycles. The maximum atomic E-state index is 12.2. The number of benzene rings is 1. The molecule has 1 aromatic carbocycles. The van der Waals surface area contributed by atoms with Crippen LogP contribution >= 0.6 is 22.9 Å². The monoisotopic (exact) mass is 324 g/mol. The fraction of sp³-hybridized carbons (Fsp3) is 0.267. The van der Waals surface area contributed by atoms with Gasteiger partial charge in [-0.05, 0) is 36.2 Å². The molecular formula is C15H17ClN2O2S. The van der Waals surface area contributed by atoms with Gasteiger partial charge in [0.05, 0.1) is 16.9 Å². The summed E-state index contributed by atoms with van der Waals surface area (Å²) >= 11 is 7.33. The fourth-order valence-corrected chi connectivity index (χ4v) is 3.15. The van der Waals surface area contributed by atoms with Gasteiger partial charge in [0.25, 0.3) is 0 Å². The Bertz CT molecular complexity index is 612. The fourth-order valence-electron chi connectivity index (χ4n) is 2.00. The number of carbonyl (C=O) groups is 1. The van der Waals surface area contributed by atoms with Crippen LogP contribution in [0.1, 0.15) is 10.4 Å². The molecule has 1 amide bonds. The largest absolute Gasteiger partial charge is 0.508 e. The van der Waals surface area contributed by atoms with Crippen LogP contribution in [-0.2, 0) is 17.8 Å². The Balaban J connectivity index is 1.93. The summed E-state index contributed by atoms with van der Waals surface area (Å²) in [5, 5.41) is 9.24. The lowest BCUT2D eigenvalue weighted by molar-refractivity contribution is -0.131. The molecule has 2 aromatic rings. The van der Waals surface area contributed by atoms with Crippen LogP contribution < -0.4 is 5.73 Å². The topological polar surface area (TPSA) is 66.6 Å². The smallest absolute Gasteiger partial charge is 0.239 e. The highest BCUT2D eigenvalue weighted by atomic mass is 35.5. The van der Waals surface area contributed by atoms with Gasteiger partial charge in [0.15, 0.2) is 0 Å². The van der Waals surface area contributed by atoms with Crippen LogP contribution in [-0.4, -0.2) is 29.0 Å². The molecule has 21 heavy (non-hydrogen) atoms. The summed E-state index contributed by atoms with van der Waals surface area (Å²) < 4.78 is 0.708. The van der Waals surface area contributed by atoms with Crippen LogP contribution in [0.2, 0.25) is 4.34 Å². The van der Waals surface area contributed by atoms with E-state index in [0.29, 0.717) is 17.3 Å². The summed E-state index contributed by atoms with van der Waals surface area (Å²) in [4.78, 5) is 14.9. The SMILES string of the molecule is CN(Cc1ccc(Cl)s1)C(=O)[C@@H](N)Cc1ccc(O)cc1. The number of halogens is 1. The van der Waals surface area contributed by atoms with Gasteiger partial charge in [-0.15, -0.1) is 11.3 Å². The highest BCUT2D eigenvalue weighted by molar-refractivity contribution is 7.16. The van der Waals surface area contributed by atoms with E-state index in [2.05, 4.69) is 0 Å². The number of phenolic OH excluding ortho intramolecular Hbond substituents is 1. The maximum Gasteiger partial charge on any atom is 0.239 e. The normalized spacial score (nSPS) is 12.1. The Hall–Kier alpha value is -1.56. The molecule has 1 heterocycles. The van der Waals surface area contributed by atoms with Gasteiger partial charge in [-0.1, -0.05) is 23.7 Å². The zero-order valence-electron chi connectivity index (χ0n) is 11.6. The number of nitrogens with zero attached hydrogens (tertiary/aromatic N) is 1. The van der Waals surface area contributed by atoms with Crippen molar-refractivity contribution in [2.75, 3.05) is 7.05 Å². The number of hydrogen-bond donors (Lipinski definition) is 2. The van der Waals surface area contributed by atoms with E-state index in [0.717, 1.165) is 10.4 Å². The average Bonchev–Trinajstić information content (AvgIpc) is 2.85. The minimum absolute atomic E-state index is 0.118.